The molecule has 1 unspecified atom stereocenters. The van der Waals surface area contributed by atoms with Gasteiger partial charge in [-0.15, -0.1) is 0 Å². The number of carbonyl (C=O) groups is 1. The molecule has 0 aliphatic carbocycles. The van der Waals surface area contributed by atoms with Crippen molar-refractivity contribution in [3.8, 4) is 0 Å². The monoisotopic (exact) mass is 262 g/mol. The lowest BCUT2D eigenvalue weighted by atomic mass is 10.2. The minimum Gasteiger partial charge on any atom is -0.469 e. The number of methoxy groups -OCH3 is 1. The number of rotatable bonds is 5. The molecule has 0 bridgehead atoms. The van der Waals surface area contributed by atoms with Gasteiger partial charge < -0.3 is 4.74 Å². The topological polar surface area (TPSA) is 60.4 Å². The van der Waals surface area contributed by atoms with Crippen LogP contribution in [0.2, 0.25) is 0 Å². The zero-order chi connectivity index (χ0) is 13.0. The Balaban J connectivity index is 4.31. The summed E-state index contributed by atoms with van der Waals surface area (Å²) in [5.41, 5.74) is 0. The van der Waals surface area contributed by atoms with Crippen LogP contribution in [0.4, 0.5) is 13.2 Å². The Kier molecular flexibility index (Phi) is 5.24. The lowest BCUT2D eigenvalue weighted by Crippen LogP contribution is -2.26. The predicted octanol–water partition coefficient (Wildman–Crippen LogP) is 1.16. The zero-order valence-electron chi connectivity index (χ0n) is 8.87. The van der Waals surface area contributed by atoms with Gasteiger partial charge in [0.15, 0.2) is 9.84 Å². The van der Waals surface area contributed by atoms with Crippen molar-refractivity contribution < 1.29 is 31.1 Å². The summed E-state index contributed by atoms with van der Waals surface area (Å²) in [4.78, 5) is 10.9. The summed E-state index contributed by atoms with van der Waals surface area (Å²) in [5, 5.41) is 0. The Morgan fingerprint density at radius 3 is 2.25 bits per heavy atom. The van der Waals surface area contributed by atoms with E-state index in [4.69, 9.17) is 0 Å². The van der Waals surface area contributed by atoms with E-state index in [9.17, 15) is 26.4 Å². The fourth-order valence-electron chi connectivity index (χ4n) is 1.00. The van der Waals surface area contributed by atoms with Gasteiger partial charge in [-0.1, -0.05) is 6.92 Å². The molecule has 0 aliphatic heterocycles. The summed E-state index contributed by atoms with van der Waals surface area (Å²) < 4.78 is 62.1. The first kappa shape index (κ1) is 15.2. The maximum absolute atomic E-state index is 11.8. The normalized spacial score (nSPS) is 14.6. The molecule has 4 nitrogen and oxygen atoms in total. The summed E-state index contributed by atoms with van der Waals surface area (Å²) in [6.07, 6.45) is -5.91. The highest BCUT2D eigenvalue weighted by Crippen LogP contribution is 2.20. The van der Waals surface area contributed by atoms with Crippen LogP contribution in [-0.4, -0.2) is 39.2 Å². The molecule has 0 spiro atoms. The standard InChI is InChI=1S/C8H13F3O4S/c1-6(7(12)15-2)5-16(13,14)4-3-8(9,10)11/h6H,3-5H2,1-2H3. The van der Waals surface area contributed by atoms with E-state index in [-0.39, 0.29) is 0 Å². The summed E-state index contributed by atoms with van der Waals surface area (Å²) in [6, 6.07) is 0. The minimum atomic E-state index is -4.51. The van der Waals surface area contributed by atoms with Crippen molar-refractivity contribution in [1.82, 2.24) is 0 Å². The highest BCUT2D eigenvalue weighted by atomic mass is 32.2. The number of ether oxygens (including phenoxy) is 1. The van der Waals surface area contributed by atoms with Crippen molar-refractivity contribution in [2.24, 2.45) is 5.92 Å². The van der Waals surface area contributed by atoms with Crippen molar-refractivity contribution in [3.63, 3.8) is 0 Å². The van der Waals surface area contributed by atoms with Gasteiger partial charge in [0.05, 0.1) is 31.0 Å². The van der Waals surface area contributed by atoms with Crippen molar-refractivity contribution >= 4 is 15.8 Å². The summed E-state index contributed by atoms with van der Waals surface area (Å²) in [6.45, 7) is 1.29. The molecule has 16 heavy (non-hydrogen) atoms. The van der Waals surface area contributed by atoms with Crippen LogP contribution in [-0.2, 0) is 19.4 Å². The molecule has 1 atom stereocenters. The number of carbonyl (C=O) groups excluding carboxylic acids is 1. The molecule has 0 aromatic heterocycles. The molecule has 0 radical (unpaired) electrons. The van der Waals surface area contributed by atoms with E-state index in [0.717, 1.165) is 7.11 Å². The van der Waals surface area contributed by atoms with E-state index in [0.29, 0.717) is 0 Å². The minimum absolute atomic E-state index is 0.629. The van der Waals surface area contributed by atoms with E-state index in [1.807, 2.05) is 0 Å². The molecule has 96 valence electrons. The SMILES string of the molecule is COC(=O)C(C)CS(=O)(=O)CCC(F)(F)F. The van der Waals surface area contributed by atoms with Crippen LogP contribution in [0.5, 0.6) is 0 Å². The van der Waals surface area contributed by atoms with Gasteiger partial charge in [-0.2, -0.15) is 13.2 Å². The average molecular weight is 262 g/mol. The fourth-order valence-corrected chi connectivity index (χ4v) is 2.61. The first-order valence-corrected chi connectivity index (χ1v) is 6.24. The number of halogens is 3. The highest BCUT2D eigenvalue weighted by Gasteiger charge is 2.31. The van der Waals surface area contributed by atoms with Crippen LogP contribution < -0.4 is 0 Å². The highest BCUT2D eigenvalue weighted by molar-refractivity contribution is 7.91. The number of hydrogen-bond donors (Lipinski definition) is 0. The van der Waals surface area contributed by atoms with Crippen LogP contribution >= 0.6 is 0 Å². The first-order chi connectivity index (χ1) is 7.07. The van der Waals surface area contributed by atoms with Crippen molar-refractivity contribution in [2.45, 2.75) is 19.5 Å². The van der Waals surface area contributed by atoms with Gasteiger partial charge in [-0.25, -0.2) is 8.42 Å². The van der Waals surface area contributed by atoms with Crippen molar-refractivity contribution in [3.05, 3.63) is 0 Å². The van der Waals surface area contributed by atoms with E-state index in [1.54, 1.807) is 0 Å². The van der Waals surface area contributed by atoms with Crippen LogP contribution in [0.1, 0.15) is 13.3 Å². The van der Waals surface area contributed by atoms with Crippen LogP contribution in [0.25, 0.3) is 0 Å². The van der Waals surface area contributed by atoms with E-state index >= 15 is 0 Å². The molecular weight excluding hydrogens is 249 g/mol. The molecule has 0 saturated heterocycles. The molecule has 0 saturated carbocycles. The van der Waals surface area contributed by atoms with Gasteiger partial charge in [-0.3, -0.25) is 4.79 Å². The molecule has 0 N–H and O–H groups in total. The first-order valence-electron chi connectivity index (χ1n) is 4.42. The van der Waals surface area contributed by atoms with Crippen molar-refractivity contribution in [1.29, 1.82) is 0 Å². The number of hydrogen-bond acceptors (Lipinski definition) is 4. The maximum atomic E-state index is 11.8. The predicted molar refractivity (Wildman–Crippen MR) is 50.5 cm³/mol. The number of alkyl halides is 3. The van der Waals surface area contributed by atoms with Crippen LogP contribution in [0.15, 0.2) is 0 Å². The third-order valence-electron chi connectivity index (χ3n) is 1.80. The summed E-state index contributed by atoms with van der Waals surface area (Å²) >= 11 is 0. The average Bonchev–Trinajstić information content (AvgIpc) is 2.12. The van der Waals surface area contributed by atoms with Gasteiger partial charge >= 0.3 is 12.1 Å². The van der Waals surface area contributed by atoms with Gasteiger partial charge in [0.1, 0.15) is 0 Å². The second-order valence-electron chi connectivity index (χ2n) is 3.40. The third-order valence-corrected chi connectivity index (χ3v) is 3.64. The number of esters is 1. The molecule has 0 amide bonds. The molecule has 0 aromatic carbocycles. The van der Waals surface area contributed by atoms with E-state index in [1.165, 1.54) is 6.92 Å². The molecule has 0 fully saturated rings. The second-order valence-corrected chi connectivity index (χ2v) is 5.63. The fraction of sp³-hybridized carbons (Fsp3) is 0.875. The Bertz CT molecular complexity index is 334. The quantitative estimate of drug-likeness (QED) is 0.698. The van der Waals surface area contributed by atoms with Crippen LogP contribution in [0.3, 0.4) is 0 Å². The molecule has 8 heteroatoms. The Morgan fingerprint density at radius 2 is 1.88 bits per heavy atom. The maximum Gasteiger partial charge on any atom is 0.390 e. The third kappa shape index (κ3) is 6.65. The molecular formula is C8H13F3O4S. The second kappa shape index (κ2) is 5.51. The van der Waals surface area contributed by atoms with Gasteiger partial charge in [0.2, 0.25) is 0 Å². The Hall–Kier alpha value is -0.790. The Morgan fingerprint density at radius 1 is 1.38 bits per heavy atom. The summed E-state index contributed by atoms with van der Waals surface area (Å²) in [5.74, 6) is -3.34. The largest absolute Gasteiger partial charge is 0.469 e. The molecule has 0 aliphatic rings. The van der Waals surface area contributed by atoms with Crippen LogP contribution in [0, 0.1) is 5.92 Å². The molecule has 0 heterocycles. The van der Waals surface area contributed by atoms with Crippen molar-refractivity contribution in [2.75, 3.05) is 18.6 Å². The number of sulfone groups is 1. The lowest BCUT2D eigenvalue weighted by Gasteiger charge is -2.10. The van der Waals surface area contributed by atoms with Gasteiger partial charge in [-0.05, 0) is 0 Å². The lowest BCUT2D eigenvalue weighted by molar-refractivity contribution is -0.144. The van der Waals surface area contributed by atoms with E-state index < -0.39 is 45.8 Å². The molecule has 0 aromatic rings. The smallest absolute Gasteiger partial charge is 0.390 e. The zero-order valence-corrected chi connectivity index (χ0v) is 9.69. The Labute approximate surface area is 91.7 Å². The van der Waals surface area contributed by atoms with Gasteiger partial charge in [0.25, 0.3) is 0 Å². The molecule has 0 rings (SSSR count). The van der Waals surface area contributed by atoms with E-state index in [2.05, 4.69) is 4.74 Å². The van der Waals surface area contributed by atoms with Gasteiger partial charge in [0, 0.05) is 0 Å². The summed E-state index contributed by atoms with van der Waals surface area (Å²) in [7, 11) is -2.81.